The van der Waals surface area contributed by atoms with Crippen molar-refractivity contribution in [2.24, 2.45) is 0 Å². The Balaban J connectivity index is 2.08. The molecule has 0 saturated heterocycles. The van der Waals surface area contributed by atoms with Crippen molar-refractivity contribution in [2.75, 3.05) is 11.5 Å². The quantitative estimate of drug-likeness (QED) is 0.200. The first-order chi connectivity index (χ1) is 13.6. The van der Waals surface area contributed by atoms with Gasteiger partial charge in [0.2, 0.25) is 0 Å². The fraction of sp³-hybridized carbons (Fsp3) is 0.636. The van der Waals surface area contributed by atoms with Crippen molar-refractivity contribution < 1.29 is 19.8 Å². The lowest BCUT2D eigenvalue weighted by molar-refractivity contribution is -0.138. The van der Waals surface area contributed by atoms with Crippen LogP contribution in [0.2, 0.25) is 0 Å². The Labute approximate surface area is 177 Å². The zero-order valence-electron chi connectivity index (χ0n) is 16.7. The smallest absolute Gasteiger partial charge is 0.303 e. The number of thioether (sulfide) groups is 2. The number of hydrogen-bond acceptors (Lipinski definition) is 4. The normalized spacial score (nSPS) is 10.9. The van der Waals surface area contributed by atoms with Crippen molar-refractivity contribution in [2.45, 2.75) is 86.8 Å². The van der Waals surface area contributed by atoms with E-state index in [1.807, 2.05) is 23.5 Å². The van der Waals surface area contributed by atoms with Gasteiger partial charge in [-0.25, -0.2) is 0 Å². The molecule has 0 aromatic heterocycles. The van der Waals surface area contributed by atoms with E-state index in [0.717, 1.165) is 50.0 Å². The van der Waals surface area contributed by atoms with E-state index in [1.165, 1.54) is 35.5 Å². The summed E-state index contributed by atoms with van der Waals surface area (Å²) in [4.78, 5) is 23.7. The second-order valence-corrected chi connectivity index (χ2v) is 9.24. The minimum Gasteiger partial charge on any atom is -0.481 e. The predicted molar refractivity (Wildman–Crippen MR) is 119 cm³/mol. The number of aliphatic carboxylic acids is 2. The molecule has 28 heavy (non-hydrogen) atoms. The van der Waals surface area contributed by atoms with Gasteiger partial charge in [-0.2, -0.15) is 0 Å². The van der Waals surface area contributed by atoms with Crippen molar-refractivity contribution in [1.29, 1.82) is 0 Å². The van der Waals surface area contributed by atoms with Crippen LogP contribution in [0.5, 0.6) is 0 Å². The Morgan fingerprint density at radius 3 is 1.39 bits per heavy atom. The van der Waals surface area contributed by atoms with Crippen LogP contribution in [-0.4, -0.2) is 33.7 Å². The van der Waals surface area contributed by atoms with Gasteiger partial charge in [-0.15, -0.1) is 23.5 Å². The van der Waals surface area contributed by atoms with Gasteiger partial charge < -0.3 is 10.2 Å². The molecule has 0 radical (unpaired) electrons. The molecule has 0 bridgehead atoms. The summed E-state index contributed by atoms with van der Waals surface area (Å²) in [5, 5.41) is 17.3. The van der Waals surface area contributed by atoms with E-state index in [4.69, 9.17) is 10.2 Å². The number of rotatable bonds is 18. The van der Waals surface area contributed by atoms with Crippen molar-refractivity contribution in [3.8, 4) is 0 Å². The number of benzene rings is 1. The van der Waals surface area contributed by atoms with Crippen LogP contribution >= 0.6 is 23.5 Å². The molecular formula is C22H34O4S2. The molecule has 1 aromatic carbocycles. The Morgan fingerprint density at radius 2 is 0.964 bits per heavy atom. The van der Waals surface area contributed by atoms with Crippen molar-refractivity contribution in [3.63, 3.8) is 0 Å². The lowest BCUT2D eigenvalue weighted by atomic mass is 10.1. The topological polar surface area (TPSA) is 74.6 Å². The van der Waals surface area contributed by atoms with Gasteiger partial charge in [0.25, 0.3) is 0 Å². The van der Waals surface area contributed by atoms with Gasteiger partial charge in [0, 0.05) is 22.6 Å². The fourth-order valence-corrected chi connectivity index (χ4v) is 5.13. The highest BCUT2D eigenvalue weighted by Crippen LogP contribution is 2.32. The summed E-state index contributed by atoms with van der Waals surface area (Å²) < 4.78 is 0. The summed E-state index contributed by atoms with van der Waals surface area (Å²) in [6.07, 6.45) is 11.3. The molecule has 6 heteroatoms. The van der Waals surface area contributed by atoms with E-state index in [2.05, 4.69) is 24.3 Å². The molecule has 0 aliphatic carbocycles. The minimum absolute atomic E-state index is 0.277. The number of carboxylic acid groups (broad SMARTS) is 2. The van der Waals surface area contributed by atoms with Gasteiger partial charge in [-0.05, 0) is 49.3 Å². The molecule has 0 aliphatic rings. The molecule has 0 atom stereocenters. The lowest BCUT2D eigenvalue weighted by Crippen LogP contribution is -1.94. The molecule has 0 amide bonds. The van der Waals surface area contributed by atoms with Crippen LogP contribution in [0.15, 0.2) is 34.1 Å². The minimum atomic E-state index is -0.701. The second kappa shape index (κ2) is 16.8. The first-order valence-electron chi connectivity index (χ1n) is 10.4. The van der Waals surface area contributed by atoms with Crippen LogP contribution in [0.4, 0.5) is 0 Å². The Morgan fingerprint density at radius 1 is 0.607 bits per heavy atom. The van der Waals surface area contributed by atoms with E-state index in [1.54, 1.807) is 0 Å². The first-order valence-corrected chi connectivity index (χ1v) is 12.3. The molecular weight excluding hydrogens is 392 g/mol. The standard InChI is InChI=1S/C22H34O4S2/c23-21(24)15-7-4-2-1-3-5-11-17-27-19-13-9-10-14-20(19)28-18-12-6-8-16-22(25)26/h9-10,13-14H,1-8,11-12,15-18H2,(H,23,24)(H,25,26). The summed E-state index contributed by atoms with van der Waals surface area (Å²) in [5.74, 6) is 0.787. The van der Waals surface area contributed by atoms with Crippen LogP contribution in [0.3, 0.4) is 0 Å². The highest BCUT2D eigenvalue weighted by molar-refractivity contribution is 8.02. The summed E-state index contributed by atoms with van der Waals surface area (Å²) in [5.41, 5.74) is 0. The molecule has 0 unspecified atom stereocenters. The zero-order chi connectivity index (χ0) is 20.5. The Kier molecular flexibility index (Phi) is 14.9. The highest BCUT2D eigenvalue weighted by Gasteiger charge is 2.04. The first kappa shape index (κ1) is 24.9. The molecule has 0 aliphatic heterocycles. The predicted octanol–water partition coefficient (Wildman–Crippen LogP) is 6.72. The monoisotopic (exact) mass is 426 g/mol. The van der Waals surface area contributed by atoms with Gasteiger partial charge in [0.15, 0.2) is 0 Å². The third-order valence-electron chi connectivity index (χ3n) is 4.43. The number of carbonyl (C=O) groups is 2. The van der Waals surface area contributed by atoms with Crippen molar-refractivity contribution >= 4 is 35.5 Å². The molecule has 158 valence electrons. The number of carboxylic acids is 2. The van der Waals surface area contributed by atoms with Crippen LogP contribution in [0.1, 0.15) is 77.0 Å². The Bertz CT molecular complexity index is 563. The molecule has 1 rings (SSSR count). The van der Waals surface area contributed by atoms with Crippen LogP contribution in [0.25, 0.3) is 0 Å². The van der Waals surface area contributed by atoms with E-state index >= 15 is 0 Å². The molecule has 0 fully saturated rings. The fourth-order valence-electron chi connectivity index (χ4n) is 2.87. The van der Waals surface area contributed by atoms with Gasteiger partial charge >= 0.3 is 11.9 Å². The maximum absolute atomic E-state index is 10.5. The Hall–Kier alpha value is -1.14. The van der Waals surface area contributed by atoms with Crippen LogP contribution < -0.4 is 0 Å². The third kappa shape index (κ3) is 13.9. The number of unbranched alkanes of at least 4 members (excludes halogenated alkanes) is 8. The third-order valence-corrected chi connectivity index (χ3v) is 6.88. The van der Waals surface area contributed by atoms with Gasteiger partial charge in [0.05, 0.1) is 0 Å². The number of hydrogen-bond donors (Lipinski definition) is 2. The second-order valence-electron chi connectivity index (χ2n) is 6.97. The maximum Gasteiger partial charge on any atom is 0.303 e. The summed E-state index contributed by atoms with van der Waals surface area (Å²) >= 11 is 3.81. The average Bonchev–Trinajstić information content (AvgIpc) is 2.66. The zero-order valence-corrected chi connectivity index (χ0v) is 18.4. The molecule has 1 aromatic rings. The van der Waals surface area contributed by atoms with Gasteiger partial charge in [0.1, 0.15) is 0 Å². The van der Waals surface area contributed by atoms with Crippen molar-refractivity contribution in [3.05, 3.63) is 24.3 Å². The lowest BCUT2D eigenvalue weighted by Gasteiger charge is -2.09. The SMILES string of the molecule is O=C(O)CCCCCCCCCSc1ccccc1SCCCCCC(=O)O. The van der Waals surface area contributed by atoms with Crippen LogP contribution in [0, 0.1) is 0 Å². The van der Waals surface area contributed by atoms with E-state index in [-0.39, 0.29) is 6.42 Å². The average molecular weight is 427 g/mol. The van der Waals surface area contributed by atoms with E-state index < -0.39 is 11.9 Å². The molecule has 0 saturated carbocycles. The van der Waals surface area contributed by atoms with E-state index in [9.17, 15) is 9.59 Å². The van der Waals surface area contributed by atoms with Crippen molar-refractivity contribution in [1.82, 2.24) is 0 Å². The van der Waals surface area contributed by atoms with Gasteiger partial charge in [-0.3, -0.25) is 9.59 Å². The molecule has 2 N–H and O–H groups in total. The van der Waals surface area contributed by atoms with E-state index in [0.29, 0.717) is 6.42 Å². The molecule has 0 spiro atoms. The molecule has 0 heterocycles. The maximum atomic E-state index is 10.5. The largest absolute Gasteiger partial charge is 0.481 e. The highest BCUT2D eigenvalue weighted by atomic mass is 32.2. The summed E-state index contributed by atoms with van der Waals surface area (Å²) in [7, 11) is 0. The molecule has 4 nitrogen and oxygen atoms in total. The summed E-state index contributed by atoms with van der Waals surface area (Å²) in [6.45, 7) is 0. The summed E-state index contributed by atoms with van der Waals surface area (Å²) in [6, 6.07) is 8.55. The van der Waals surface area contributed by atoms with Gasteiger partial charge in [-0.1, -0.05) is 50.7 Å². The van der Waals surface area contributed by atoms with Crippen LogP contribution in [-0.2, 0) is 9.59 Å².